The summed E-state index contributed by atoms with van der Waals surface area (Å²) in [4.78, 5) is 51.9. The number of carbonyl (C=O) groups is 3. The van der Waals surface area contributed by atoms with E-state index in [1.54, 1.807) is 17.0 Å². The van der Waals surface area contributed by atoms with Crippen molar-refractivity contribution in [3.8, 4) is 11.3 Å². The Labute approximate surface area is 252 Å². The number of thiazole rings is 1. The number of amides is 3. The molecule has 43 heavy (non-hydrogen) atoms. The highest BCUT2D eigenvalue weighted by Crippen LogP contribution is 2.28. The Morgan fingerprint density at radius 2 is 1.84 bits per heavy atom. The Morgan fingerprint density at radius 1 is 1.00 bits per heavy atom. The van der Waals surface area contributed by atoms with Gasteiger partial charge in [-0.2, -0.15) is 0 Å². The highest BCUT2D eigenvalue weighted by molar-refractivity contribution is 7.22. The third-order valence-electron chi connectivity index (χ3n) is 7.37. The van der Waals surface area contributed by atoms with Crippen LogP contribution in [0.3, 0.4) is 0 Å². The van der Waals surface area contributed by atoms with Crippen molar-refractivity contribution in [2.24, 2.45) is 0 Å². The number of aryl methyl sites for hydroxylation is 1. The predicted octanol–water partition coefficient (Wildman–Crippen LogP) is 4.40. The van der Waals surface area contributed by atoms with Crippen LogP contribution >= 0.6 is 11.3 Å². The van der Waals surface area contributed by atoms with E-state index in [9.17, 15) is 14.4 Å². The summed E-state index contributed by atoms with van der Waals surface area (Å²) in [5.41, 5.74) is 4.40. The van der Waals surface area contributed by atoms with Crippen LogP contribution in [0.1, 0.15) is 22.3 Å². The SMILES string of the molecule is Cc1cccc(NC(=O)c2cccc(-c3ccc4nc(NC(=O)C5CN(CCCN6CCOCC6)C(=O)O5)sc4n3)c2)c1. The number of hydrogen-bond donors (Lipinski definition) is 2. The number of hydrogen-bond acceptors (Lipinski definition) is 9. The van der Waals surface area contributed by atoms with Crippen LogP contribution in [0, 0.1) is 6.92 Å². The summed E-state index contributed by atoms with van der Waals surface area (Å²) in [5.74, 6) is -0.629. The second kappa shape index (κ2) is 12.9. The average Bonchev–Trinajstić information content (AvgIpc) is 3.59. The zero-order valence-electron chi connectivity index (χ0n) is 23.7. The van der Waals surface area contributed by atoms with Gasteiger partial charge in [-0.05, 0) is 55.3 Å². The molecule has 1 unspecified atom stereocenters. The zero-order chi connectivity index (χ0) is 29.8. The summed E-state index contributed by atoms with van der Waals surface area (Å²) in [7, 11) is 0. The summed E-state index contributed by atoms with van der Waals surface area (Å²) >= 11 is 1.23. The molecule has 6 rings (SSSR count). The second-order valence-electron chi connectivity index (χ2n) is 10.6. The first-order valence-electron chi connectivity index (χ1n) is 14.2. The second-order valence-corrected chi connectivity index (χ2v) is 11.5. The van der Waals surface area contributed by atoms with Gasteiger partial charge in [-0.25, -0.2) is 14.8 Å². The number of pyridine rings is 1. The molecule has 2 aliphatic rings. The van der Waals surface area contributed by atoms with Crippen molar-refractivity contribution in [2.45, 2.75) is 19.4 Å². The van der Waals surface area contributed by atoms with E-state index in [1.165, 1.54) is 11.3 Å². The van der Waals surface area contributed by atoms with Crippen LogP contribution in [0.5, 0.6) is 0 Å². The lowest BCUT2D eigenvalue weighted by Crippen LogP contribution is -2.38. The van der Waals surface area contributed by atoms with Crippen LogP contribution in [0.2, 0.25) is 0 Å². The van der Waals surface area contributed by atoms with Crippen molar-refractivity contribution >= 4 is 50.4 Å². The number of cyclic esters (lactones) is 1. The molecular formula is C31H32N6O5S. The first-order valence-corrected chi connectivity index (χ1v) is 15.1. The number of carbonyl (C=O) groups excluding carboxylic acids is 3. The van der Waals surface area contributed by atoms with Gasteiger partial charge in [0.05, 0.1) is 25.5 Å². The average molecular weight is 601 g/mol. The van der Waals surface area contributed by atoms with Gasteiger partial charge in [0.1, 0.15) is 10.3 Å². The Hall–Kier alpha value is -4.39. The van der Waals surface area contributed by atoms with E-state index in [4.69, 9.17) is 14.5 Å². The van der Waals surface area contributed by atoms with Crippen molar-refractivity contribution in [3.05, 3.63) is 71.8 Å². The quantitative estimate of drug-likeness (QED) is 0.290. The van der Waals surface area contributed by atoms with Gasteiger partial charge in [0, 0.05) is 43.0 Å². The molecule has 2 aromatic heterocycles. The van der Waals surface area contributed by atoms with Crippen LogP contribution in [-0.4, -0.2) is 89.7 Å². The first kappa shape index (κ1) is 28.7. The molecule has 0 aliphatic carbocycles. The summed E-state index contributed by atoms with van der Waals surface area (Å²) in [6.07, 6.45) is -0.581. The van der Waals surface area contributed by atoms with Crippen molar-refractivity contribution in [2.75, 3.05) is 56.6 Å². The third kappa shape index (κ3) is 6.99. The monoisotopic (exact) mass is 600 g/mol. The number of nitrogens with one attached hydrogen (secondary N) is 2. The third-order valence-corrected chi connectivity index (χ3v) is 8.25. The van der Waals surface area contributed by atoms with Crippen molar-refractivity contribution in [1.29, 1.82) is 0 Å². The molecule has 1 atom stereocenters. The zero-order valence-corrected chi connectivity index (χ0v) is 24.6. The van der Waals surface area contributed by atoms with Gasteiger partial charge in [0.15, 0.2) is 11.2 Å². The first-order chi connectivity index (χ1) is 20.9. The van der Waals surface area contributed by atoms with Crippen LogP contribution in [0.4, 0.5) is 15.6 Å². The molecule has 4 aromatic rings. The van der Waals surface area contributed by atoms with E-state index in [0.29, 0.717) is 33.3 Å². The van der Waals surface area contributed by atoms with E-state index in [-0.39, 0.29) is 12.5 Å². The molecule has 11 nitrogen and oxygen atoms in total. The Morgan fingerprint density at radius 3 is 2.67 bits per heavy atom. The van der Waals surface area contributed by atoms with Crippen LogP contribution < -0.4 is 10.6 Å². The molecule has 3 amide bonds. The maximum Gasteiger partial charge on any atom is 0.410 e. The molecule has 2 aromatic carbocycles. The van der Waals surface area contributed by atoms with E-state index in [1.807, 2.05) is 55.5 Å². The lowest BCUT2D eigenvalue weighted by Gasteiger charge is -2.27. The normalized spacial score (nSPS) is 17.2. The summed E-state index contributed by atoms with van der Waals surface area (Å²) in [6, 6.07) is 18.6. The van der Waals surface area contributed by atoms with Gasteiger partial charge in [-0.15, -0.1) is 0 Å². The van der Waals surface area contributed by atoms with Gasteiger partial charge in [0.25, 0.3) is 11.8 Å². The fraction of sp³-hybridized carbons (Fsp3) is 0.323. The Balaban J connectivity index is 1.07. The minimum Gasteiger partial charge on any atom is -0.434 e. The largest absolute Gasteiger partial charge is 0.434 e. The van der Waals surface area contributed by atoms with E-state index >= 15 is 0 Å². The summed E-state index contributed by atoms with van der Waals surface area (Å²) in [6.45, 7) is 6.83. The number of nitrogens with zero attached hydrogens (tertiary/aromatic N) is 4. The smallest absolute Gasteiger partial charge is 0.410 e. The number of ether oxygens (including phenoxy) is 2. The van der Waals surface area contributed by atoms with Gasteiger partial charge in [0.2, 0.25) is 0 Å². The van der Waals surface area contributed by atoms with Crippen LogP contribution in [0.25, 0.3) is 21.6 Å². The highest BCUT2D eigenvalue weighted by Gasteiger charge is 2.36. The predicted molar refractivity (Wildman–Crippen MR) is 164 cm³/mol. The molecule has 4 heterocycles. The lowest BCUT2D eigenvalue weighted by atomic mass is 10.1. The number of anilines is 2. The molecule has 0 radical (unpaired) electrons. The molecule has 2 N–H and O–H groups in total. The fourth-order valence-electron chi connectivity index (χ4n) is 5.10. The molecule has 2 saturated heterocycles. The van der Waals surface area contributed by atoms with Crippen LogP contribution in [0.15, 0.2) is 60.7 Å². The van der Waals surface area contributed by atoms with Crippen molar-refractivity contribution < 1.29 is 23.9 Å². The topological polar surface area (TPSA) is 126 Å². The number of aromatic nitrogens is 2. The molecule has 0 saturated carbocycles. The van der Waals surface area contributed by atoms with Crippen molar-refractivity contribution in [1.82, 2.24) is 19.8 Å². The minimum absolute atomic E-state index is 0.203. The summed E-state index contributed by atoms with van der Waals surface area (Å²) < 4.78 is 10.7. The summed E-state index contributed by atoms with van der Waals surface area (Å²) in [5, 5.41) is 6.09. The highest BCUT2D eigenvalue weighted by atomic mass is 32.1. The minimum atomic E-state index is -0.903. The maximum absolute atomic E-state index is 12.9. The standard InChI is InChI=1S/C31H32N6O5S/c1-20-5-2-8-23(17-20)32-27(38)22-7-3-6-21(18-22)24-9-10-25-29(33-24)43-30(34-25)35-28(39)26-19-37(31(40)42-26)12-4-11-36-13-15-41-16-14-36/h2-3,5-10,17-18,26H,4,11-16,19H2,1H3,(H,32,38)(H,34,35,39). The molecule has 0 bridgehead atoms. The Bertz CT molecular complexity index is 1650. The number of rotatable bonds is 9. The molecule has 12 heteroatoms. The Kier molecular flexibility index (Phi) is 8.59. The number of fused-ring (bicyclic) bond motifs is 1. The molecule has 0 spiro atoms. The maximum atomic E-state index is 12.9. The van der Waals surface area contributed by atoms with Gasteiger partial charge >= 0.3 is 6.09 Å². The van der Waals surface area contributed by atoms with E-state index in [0.717, 1.165) is 56.1 Å². The van der Waals surface area contributed by atoms with Gasteiger partial charge < -0.3 is 19.7 Å². The van der Waals surface area contributed by atoms with Gasteiger partial charge in [-0.3, -0.25) is 19.8 Å². The van der Waals surface area contributed by atoms with Crippen LogP contribution in [-0.2, 0) is 14.3 Å². The number of benzene rings is 2. The van der Waals surface area contributed by atoms with Gasteiger partial charge in [-0.1, -0.05) is 35.6 Å². The molecular weight excluding hydrogens is 568 g/mol. The van der Waals surface area contributed by atoms with E-state index in [2.05, 4.69) is 20.5 Å². The molecule has 222 valence electrons. The fourth-order valence-corrected chi connectivity index (χ4v) is 5.94. The molecule has 2 aliphatic heterocycles. The molecule has 2 fully saturated rings. The number of morpholine rings is 1. The van der Waals surface area contributed by atoms with Crippen molar-refractivity contribution in [3.63, 3.8) is 0 Å². The van der Waals surface area contributed by atoms with E-state index < -0.39 is 18.1 Å². The lowest BCUT2D eigenvalue weighted by molar-refractivity contribution is -0.122.